The largest absolute Gasteiger partial charge is 0.342 e. The van der Waals surface area contributed by atoms with Crippen molar-refractivity contribution in [2.75, 3.05) is 13.1 Å². The summed E-state index contributed by atoms with van der Waals surface area (Å²) in [5.74, 6) is 1.34. The second-order valence-corrected chi connectivity index (χ2v) is 6.30. The molecule has 0 aromatic carbocycles. The highest BCUT2D eigenvalue weighted by molar-refractivity contribution is 5.78. The molecule has 1 aromatic rings. The average Bonchev–Trinajstić information content (AvgIpc) is 3.00. The van der Waals surface area contributed by atoms with Crippen LogP contribution in [0.25, 0.3) is 0 Å². The van der Waals surface area contributed by atoms with Crippen molar-refractivity contribution in [1.82, 2.24) is 14.5 Å². The summed E-state index contributed by atoms with van der Waals surface area (Å²) in [7, 11) is 0. The van der Waals surface area contributed by atoms with Crippen molar-refractivity contribution in [2.45, 2.75) is 58.9 Å². The van der Waals surface area contributed by atoms with Crippen LogP contribution < -0.4 is 0 Å². The molecule has 2 rings (SSSR count). The molecular formula is C17H29N3O. The van der Waals surface area contributed by atoms with E-state index >= 15 is 0 Å². The molecule has 1 aliphatic rings. The summed E-state index contributed by atoms with van der Waals surface area (Å²) in [5.41, 5.74) is 0. The molecular weight excluding hydrogens is 262 g/mol. The van der Waals surface area contributed by atoms with Gasteiger partial charge in [-0.15, -0.1) is 0 Å². The second kappa shape index (κ2) is 8.20. The number of carbonyl (C=O) groups is 1. The van der Waals surface area contributed by atoms with Gasteiger partial charge < -0.3 is 9.47 Å². The minimum Gasteiger partial charge on any atom is -0.342 e. The van der Waals surface area contributed by atoms with Crippen LogP contribution in [0.2, 0.25) is 0 Å². The normalized spacial score (nSPS) is 16.6. The van der Waals surface area contributed by atoms with Gasteiger partial charge in [0.2, 0.25) is 5.91 Å². The minimum absolute atomic E-state index is 0.255. The number of likely N-dealkylation sites (tertiary alicyclic amines) is 1. The summed E-state index contributed by atoms with van der Waals surface area (Å²) in [6.45, 7) is 7.25. The molecule has 0 spiro atoms. The van der Waals surface area contributed by atoms with Gasteiger partial charge in [0.1, 0.15) is 0 Å². The van der Waals surface area contributed by atoms with E-state index in [-0.39, 0.29) is 5.92 Å². The maximum Gasteiger partial charge on any atom is 0.225 e. The third kappa shape index (κ3) is 4.58. The highest BCUT2D eigenvalue weighted by atomic mass is 16.2. The first-order valence-corrected chi connectivity index (χ1v) is 8.49. The molecule has 1 aliphatic heterocycles. The van der Waals surface area contributed by atoms with E-state index in [0.717, 1.165) is 58.2 Å². The standard InChI is InChI=1S/C17H29N3O/c1-3-5-16(6-4-2)17(21)20-10-7-15(8-11-20)13-19-12-9-18-14-19/h9,12,14-16H,3-8,10-11,13H2,1-2H3. The lowest BCUT2D eigenvalue weighted by Crippen LogP contribution is -2.42. The number of amides is 1. The van der Waals surface area contributed by atoms with Crippen molar-refractivity contribution in [3.05, 3.63) is 18.7 Å². The van der Waals surface area contributed by atoms with Crippen molar-refractivity contribution in [3.63, 3.8) is 0 Å². The molecule has 1 amide bonds. The molecule has 1 fully saturated rings. The average molecular weight is 291 g/mol. The Balaban J connectivity index is 1.80. The number of piperidine rings is 1. The minimum atomic E-state index is 0.255. The molecule has 0 atom stereocenters. The zero-order chi connectivity index (χ0) is 15.1. The van der Waals surface area contributed by atoms with Crippen molar-refractivity contribution in [1.29, 1.82) is 0 Å². The van der Waals surface area contributed by atoms with Gasteiger partial charge in [-0.3, -0.25) is 4.79 Å². The van der Waals surface area contributed by atoms with Crippen LogP contribution in [0.4, 0.5) is 0 Å². The quantitative estimate of drug-likeness (QED) is 0.773. The van der Waals surface area contributed by atoms with Crippen molar-refractivity contribution in [3.8, 4) is 0 Å². The Morgan fingerprint density at radius 3 is 2.43 bits per heavy atom. The highest BCUT2D eigenvalue weighted by Crippen LogP contribution is 2.23. The number of nitrogens with zero attached hydrogens (tertiary/aromatic N) is 3. The maximum absolute atomic E-state index is 12.6. The number of hydrogen-bond donors (Lipinski definition) is 0. The van der Waals surface area contributed by atoms with E-state index in [9.17, 15) is 4.79 Å². The molecule has 4 heteroatoms. The fourth-order valence-corrected chi connectivity index (χ4v) is 3.38. The van der Waals surface area contributed by atoms with Gasteiger partial charge in [-0.1, -0.05) is 26.7 Å². The van der Waals surface area contributed by atoms with E-state index in [2.05, 4.69) is 28.3 Å². The van der Waals surface area contributed by atoms with Gasteiger partial charge in [0.15, 0.2) is 0 Å². The number of imidazole rings is 1. The van der Waals surface area contributed by atoms with Crippen LogP contribution >= 0.6 is 0 Å². The van der Waals surface area contributed by atoms with Gasteiger partial charge in [0, 0.05) is 37.9 Å². The smallest absolute Gasteiger partial charge is 0.225 e. The Kier molecular flexibility index (Phi) is 6.27. The predicted molar refractivity (Wildman–Crippen MR) is 84.8 cm³/mol. The third-order valence-corrected chi connectivity index (χ3v) is 4.58. The van der Waals surface area contributed by atoms with Gasteiger partial charge in [-0.2, -0.15) is 0 Å². The Labute approximate surface area is 128 Å². The van der Waals surface area contributed by atoms with Gasteiger partial charge in [0.05, 0.1) is 6.33 Å². The van der Waals surface area contributed by atoms with Gasteiger partial charge >= 0.3 is 0 Å². The Morgan fingerprint density at radius 1 is 1.24 bits per heavy atom. The third-order valence-electron chi connectivity index (χ3n) is 4.58. The van der Waals surface area contributed by atoms with Gasteiger partial charge in [-0.25, -0.2) is 4.98 Å². The molecule has 0 unspecified atom stereocenters. The van der Waals surface area contributed by atoms with Crippen LogP contribution in [0.3, 0.4) is 0 Å². The van der Waals surface area contributed by atoms with Crippen molar-refractivity contribution in [2.24, 2.45) is 11.8 Å². The fraction of sp³-hybridized carbons (Fsp3) is 0.765. The summed E-state index contributed by atoms with van der Waals surface area (Å²) in [6.07, 6.45) is 12.3. The number of aromatic nitrogens is 2. The lowest BCUT2D eigenvalue weighted by atomic mass is 9.92. The van der Waals surface area contributed by atoms with E-state index in [0.29, 0.717) is 11.8 Å². The monoisotopic (exact) mass is 291 g/mol. The second-order valence-electron chi connectivity index (χ2n) is 6.30. The van der Waals surface area contributed by atoms with E-state index < -0.39 is 0 Å². The van der Waals surface area contributed by atoms with Crippen molar-refractivity contribution < 1.29 is 4.79 Å². The van der Waals surface area contributed by atoms with Crippen LogP contribution in [0.5, 0.6) is 0 Å². The maximum atomic E-state index is 12.6. The molecule has 21 heavy (non-hydrogen) atoms. The molecule has 0 N–H and O–H groups in total. The summed E-state index contributed by atoms with van der Waals surface area (Å²) in [4.78, 5) is 18.8. The summed E-state index contributed by atoms with van der Waals surface area (Å²) in [5, 5.41) is 0. The lowest BCUT2D eigenvalue weighted by Gasteiger charge is -2.34. The van der Waals surface area contributed by atoms with Crippen LogP contribution in [0, 0.1) is 11.8 Å². The lowest BCUT2D eigenvalue weighted by molar-refractivity contribution is -0.137. The summed E-state index contributed by atoms with van der Waals surface area (Å²) in [6, 6.07) is 0. The van der Waals surface area contributed by atoms with Crippen molar-refractivity contribution >= 4 is 5.91 Å². The van der Waals surface area contributed by atoms with E-state index in [1.807, 2.05) is 18.7 Å². The van der Waals surface area contributed by atoms with E-state index in [1.165, 1.54) is 0 Å². The number of rotatable bonds is 7. The first-order valence-electron chi connectivity index (χ1n) is 8.49. The molecule has 0 radical (unpaired) electrons. The van der Waals surface area contributed by atoms with Gasteiger partial charge in [0.25, 0.3) is 0 Å². The molecule has 2 heterocycles. The number of carbonyl (C=O) groups excluding carboxylic acids is 1. The van der Waals surface area contributed by atoms with E-state index in [4.69, 9.17) is 0 Å². The van der Waals surface area contributed by atoms with Crippen LogP contribution in [0.1, 0.15) is 52.4 Å². The van der Waals surface area contributed by atoms with Crippen LogP contribution in [0.15, 0.2) is 18.7 Å². The molecule has 4 nitrogen and oxygen atoms in total. The van der Waals surface area contributed by atoms with Gasteiger partial charge in [-0.05, 0) is 31.6 Å². The first-order chi connectivity index (χ1) is 10.2. The zero-order valence-electron chi connectivity index (χ0n) is 13.5. The molecule has 118 valence electrons. The first kappa shape index (κ1) is 16.1. The van der Waals surface area contributed by atoms with Crippen LogP contribution in [-0.2, 0) is 11.3 Å². The predicted octanol–water partition coefficient (Wildman–Crippen LogP) is 3.34. The Morgan fingerprint density at radius 2 is 1.90 bits per heavy atom. The van der Waals surface area contributed by atoms with E-state index in [1.54, 1.807) is 0 Å². The van der Waals surface area contributed by atoms with Crippen LogP contribution in [-0.4, -0.2) is 33.4 Å². The summed E-state index contributed by atoms with van der Waals surface area (Å²) >= 11 is 0. The molecule has 0 aliphatic carbocycles. The number of hydrogen-bond acceptors (Lipinski definition) is 2. The zero-order valence-corrected chi connectivity index (χ0v) is 13.5. The molecule has 1 aromatic heterocycles. The molecule has 1 saturated heterocycles. The highest BCUT2D eigenvalue weighted by Gasteiger charge is 2.27. The molecule has 0 bridgehead atoms. The fourth-order valence-electron chi connectivity index (χ4n) is 3.38. The Bertz CT molecular complexity index is 402. The topological polar surface area (TPSA) is 38.1 Å². The summed E-state index contributed by atoms with van der Waals surface area (Å²) < 4.78 is 2.15. The molecule has 0 saturated carbocycles. The SMILES string of the molecule is CCCC(CCC)C(=O)N1CCC(Cn2ccnc2)CC1. The Hall–Kier alpha value is -1.32.